The second-order valence-corrected chi connectivity index (χ2v) is 5.53. The number of rotatable bonds is 6. The third kappa shape index (κ3) is 3.82. The Morgan fingerprint density at radius 1 is 1.10 bits per heavy atom. The van der Waals surface area contributed by atoms with Crippen molar-refractivity contribution < 1.29 is 23.9 Å². The number of aliphatic carboxylic acids is 1. The van der Waals surface area contributed by atoms with Crippen LogP contribution < -0.4 is 0 Å². The van der Waals surface area contributed by atoms with Crippen molar-refractivity contribution in [2.75, 3.05) is 0 Å². The van der Waals surface area contributed by atoms with E-state index in [1.54, 1.807) is 24.3 Å². The number of carboxylic acids is 1. The molecular weight excluding hydrogens is 295 g/mol. The summed E-state index contributed by atoms with van der Waals surface area (Å²) < 4.78 is 13.5. The minimum absolute atomic E-state index is 0.302. The summed E-state index contributed by atoms with van der Waals surface area (Å²) in [6.45, 7) is 0. The lowest BCUT2D eigenvalue weighted by Gasteiger charge is -2.00. The molecule has 0 aliphatic carbocycles. The summed E-state index contributed by atoms with van der Waals surface area (Å²) in [5.74, 6) is -3.61. The van der Waals surface area contributed by atoms with Crippen LogP contribution in [-0.4, -0.2) is 22.6 Å². The Kier molecular flexibility index (Phi) is 4.59. The standard InChI is InChI=1S/C15H11FO4S/c16-11-4-2-1-3-9(11)7-10-5-6-14(21-10)12(17)8-13(18)15(19)20/h1-6H,7-8H2,(H,19,20). The minimum atomic E-state index is -1.62. The lowest BCUT2D eigenvalue weighted by molar-refractivity contribution is -0.148. The smallest absolute Gasteiger partial charge is 0.372 e. The topological polar surface area (TPSA) is 71.4 Å². The normalized spacial score (nSPS) is 10.3. The Morgan fingerprint density at radius 3 is 2.48 bits per heavy atom. The van der Waals surface area contributed by atoms with Crippen LogP contribution in [0.2, 0.25) is 0 Å². The van der Waals surface area contributed by atoms with Crippen molar-refractivity contribution in [3.8, 4) is 0 Å². The SMILES string of the molecule is O=C(O)C(=O)CC(=O)c1ccc(Cc2ccccc2F)s1. The maximum absolute atomic E-state index is 13.5. The average Bonchev–Trinajstić information content (AvgIpc) is 2.90. The molecule has 0 aliphatic rings. The second kappa shape index (κ2) is 6.41. The highest BCUT2D eigenvalue weighted by molar-refractivity contribution is 7.14. The number of carboxylic acid groups (broad SMARTS) is 1. The molecule has 1 N–H and O–H groups in total. The van der Waals surface area contributed by atoms with E-state index in [2.05, 4.69) is 0 Å². The van der Waals surface area contributed by atoms with Gasteiger partial charge in [0.2, 0.25) is 5.78 Å². The summed E-state index contributed by atoms with van der Waals surface area (Å²) in [4.78, 5) is 34.2. The molecule has 0 saturated carbocycles. The molecule has 1 heterocycles. The van der Waals surface area contributed by atoms with E-state index >= 15 is 0 Å². The Bertz CT molecular complexity index is 705. The van der Waals surface area contributed by atoms with Gasteiger partial charge in [0, 0.05) is 11.3 Å². The van der Waals surface area contributed by atoms with E-state index in [9.17, 15) is 18.8 Å². The van der Waals surface area contributed by atoms with Gasteiger partial charge in [-0.15, -0.1) is 11.3 Å². The Morgan fingerprint density at radius 2 is 1.81 bits per heavy atom. The zero-order chi connectivity index (χ0) is 15.4. The van der Waals surface area contributed by atoms with Crippen LogP contribution in [-0.2, 0) is 16.0 Å². The molecule has 108 valence electrons. The van der Waals surface area contributed by atoms with Crippen molar-refractivity contribution in [1.29, 1.82) is 0 Å². The zero-order valence-corrected chi connectivity index (χ0v) is 11.7. The van der Waals surface area contributed by atoms with Crippen molar-refractivity contribution in [3.05, 3.63) is 57.5 Å². The van der Waals surface area contributed by atoms with Crippen molar-refractivity contribution in [2.45, 2.75) is 12.8 Å². The van der Waals surface area contributed by atoms with Crippen LogP contribution in [0.4, 0.5) is 4.39 Å². The van der Waals surface area contributed by atoms with Gasteiger partial charge in [-0.05, 0) is 23.8 Å². The first kappa shape index (κ1) is 15.1. The van der Waals surface area contributed by atoms with Gasteiger partial charge >= 0.3 is 5.97 Å². The summed E-state index contributed by atoms with van der Waals surface area (Å²) in [6, 6.07) is 9.54. The fraction of sp³-hybridized carbons (Fsp3) is 0.133. The molecule has 0 saturated heterocycles. The molecule has 0 bridgehead atoms. The van der Waals surface area contributed by atoms with Gasteiger partial charge in [-0.2, -0.15) is 0 Å². The van der Waals surface area contributed by atoms with Gasteiger partial charge in [0.05, 0.1) is 11.3 Å². The minimum Gasteiger partial charge on any atom is -0.475 e. The van der Waals surface area contributed by atoms with Crippen molar-refractivity contribution >= 4 is 28.9 Å². The molecule has 0 amide bonds. The molecule has 21 heavy (non-hydrogen) atoms. The van der Waals surface area contributed by atoms with Gasteiger partial charge < -0.3 is 5.11 Å². The summed E-state index contributed by atoms with van der Waals surface area (Å²) in [5.41, 5.74) is 0.514. The van der Waals surface area contributed by atoms with E-state index in [4.69, 9.17) is 5.11 Å². The lowest BCUT2D eigenvalue weighted by atomic mass is 10.1. The van der Waals surface area contributed by atoms with E-state index < -0.39 is 24.0 Å². The Hall–Kier alpha value is -2.34. The predicted molar refractivity (Wildman–Crippen MR) is 75.1 cm³/mol. The van der Waals surface area contributed by atoms with Crippen LogP contribution in [0.25, 0.3) is 0 Å². The quantitative estimate of drug-likeness (QED) is 0.506. The van der Waals surface area contributed by atoms with Crippen molar-refractivity contribution in [2.24, 2.45) is 0 Å². The summed E-state index contributed by atoms with van der Waals surface area (Å²) >= 11 is 1.14. The Labute approximate surface area is 123 Å². The van der Waals surface area contributed by atoms with Crippen LogP contribution in [0.5, 0.6) is 0 Å². The highest BCUT2D eigenvalue weighted by Gasteiger charge is 2.19. The number of hydrogen-bond acceptors (Lipinski definition) is 4. The van der Waals surface area contributed by atoms with Gasteiger partial charge in [-0.25, -0.2) is 9.18 Å². The molecule has 0 fully saturated rings. The summed E-state index contributed by atoms with van der Waals surface area (Å²) in [5, 5.41) is 8.47. The monoisotopic (exact) mass is 306 g/mol. The molecule has 2 aromatic rings. The van der Waals surface area contributed by atoms with Gasteiger partial charge in [-0.3, -0.25) is 9.59 Å². The Balaban J connectivity index is 2.08. The molecule has 0 radical (unpaired) electrons. The van der Waals surface area contributed by atoms with Gasteiger partial charge in [-0.1, -0.05) is 18.2 Å². The van der Waals surface area contributed by atoms with Gasteiger partial charge in [0.15, 0.2) is 5.78 Å². The van der Waals surface area contributed by atoms with Crippen LogP contribution in [0.3, 0.4) is 0 Å². The van der Waals surface area contributed by atoms with Crippen molar-refractivity contribution in [3.63, 3.8) is 0 Å². The first-order valence-corrected chi connectivity index (χ1v) is 6.90. The maximum atomic E-state index is 13.5. The molecule has 6 heteroatoms. The van der Waals surface area contributed by atoms with Gasteiger partial charge in [0.25, 0.3) is 0 Å². The van der Waals surface area contributed by atoms with E-state index in [0.717, 1.165) is 16.2 Å². The number of ketones is 2. The van der Waals surface area contributed by atoms with E-state index in [1.165, 1.54) is 12.1 Å². The summed E-state index contributed by atoms with van der Waals surface area (Å²) in [7, 11) is 0. The summed E-state index contributed by atoms with van der Waals surface area (Å²) in [6.07, 6.45) is -0.313. The molecule has 0 aliphatic heterocycles. The van der Waals surface area contributed by atoms with Crippen molar-refractivity contribution in [1.82, 2.24) is 0 Å². The number of thiophene rings is 1. The molecule has 2 rings (SSSR count). The lowest BCUT2D eigenvalue weighted by Crippen LogP contribution is -2.16. The van der Waals surface area contributed by atoms with Crippen LogP contribution >= 0.6 is 11.3 Å². The van der Waals surface area contributed by atoms with Gasteiger partial charge in [0.1, 0.15) is 5.82 Å². The molecule has 1 aromatic heterocycles. The van der Waals surface area contributed by atoms with E-state index in [0.29, 0.717) is 16.9 Å². The maximum Gasteiger partial charge on any atom is 0.372 e. The number of carbonyl (C=O) groups is 3. The predicted octanol–water partition coefficient (Wildman–Crippen LogP) is 2.70. The number of halogens is 1. The highest BCUT2D eigenvalue weighted by atomic mass is 32.1. The first-order valence-electron chi connectivity index (χ1n) is 6.09. The number of hydrogen-bond donors (Lipinski definition) is 1. The number of carbonyl (C=O) groups excluding carboxylic acids is 2. The highest BCUT2D eigenvalue weighted by Crippen LogP contribution is 2.22. The van der Waals surface area contributed by atoms with E-state index in [-0.39, 0.29) is 5.82 Å². The van der Waals surface area contributed by atoms with Crippen LogP contribution in [0, 0.1) is 5.82 Å². The zero-order valence-electron chi connectivity index (χ0n) is 10.8. The second-order valence-electron chi connectivity index (χ2n) is 4.36. The molecule has 4 nitrogen and oxygen atoms in total. The molecule has 0 spiro atoms. The third-order valence-corrected chi connectivity index (χ3v) is 3.94. The average molecular weight is 306 g/mol. The molecule has 1 aromatic carbocycles. The fourth-order valence-electron chi connectivity index (χ4n) is 1.76. The molecule has 0 unspecified atom stereocenters. The van der Waals surface area contributed by atoms with Crippen LogP contribution in [0.15, 0.2) is 36.4 Å². The number of benzene rings is 1. The first-order chi connectivity index (χ1) is 9.97. The third-order valence-electron chi connectivity index (χ3n) is 2.82. The fourth-order valence-corrected chi connectivity index (χ4v) is 2.73. The number of Topliss-reactive ketones (excluding diaryl/α,β-unsaturated/α-hetero) is 2. The molecule has 0 atom stereocenters. The molecular formula is C15H11FO4S. The van der Waals surface area contributed by atoms with E-state index in [1.807, 2.05) is 0 Å². The largest absolute Gasteiger partial charge is 0.475 e. The van der Waals surface area contributed by atoms with Crippen LogP contribution in [0.1, 0.15) is 26.5 Å².